The fourth-order valence-corrected chi connectivity index (χ4v) is 8.77. The van der Waals surface area contributed by atoms with E-state index in [1.807, 2.05) is 33.3 Å². The second kappa shape index (κ2) is 49.3. The number of nitrogens with one attached hydrogen (secondary N) is 1. The van der Waals surface area contributed by atoms with Crippen molar-refractivity contribution >= 4 is 19.7 Å². The maximum atomic E-state index is 13.5. The summed E-state index contributed by atoms with van der Waals surface area (Å²) >= 11 is 0. The minimum atomic E-state index is -4.70. The summed E-state index contributed by atoms with van der Waals surface area (Å²) < 4.78 is 30.2. The Morgan fingerprint density at radius 1 is 0.522 bits per heavy atom. The molecular weight excluding hydrogens is 880 g/mol. The molecule has 0 aliphatic heterocycles. The van der Waals surface area contributed by atoms with Crippen LogP contribution in [0.15, 0.2) is 60.8 Å². The van der Waals surface area contributed by atoms with E-state index in [4.69, 9.17) is 13.8 Å². The molecule has 9 nitrogen and oxygen atoms in total. The zero-order valence-corrected chi connectivity index (χ0v) is 46.7. The van der Waals surface area contributed by atoms with Crippen molar-refractivity contribution in [3.8, 4) is 0 Å². The highest BCUT2D eigenvalue weighted by atomic mass is 31.2. The van der Waals surface area contributed by atoms with E-state index in [1.54, 1.807) is 0 Å². The number of ether oxygens (including phenoxy) is 1. The van der Waals surface area contributed by atoms with Gasteiger partial charge >= 0.3 is 5.97 Å². The molecule has 10 heteroatoms. The Hall–Kier alpha value is -2.29. The third-order valence-corrected chi connectivity index (χ3v) is 13.5. The number of phosphoric acid groups is 1. The summed E-state index contributed by atoms with van der Waals surface area (Å²) in [5, 5.41) is 3.01. The molecule has 0 heterocycles. The number of likely N-dealkylation sites (N-methyl/N-ethyl adjacent to an activating group) is 1. The van der Waals surface area contributed by atoms with Crippen molar-refractivity contribution in [2.45, 2.75) is 264 Å². The lowest BCUT2D eigenvalue weighted by molar-refractivity contribution is -0.870. The first kappa shape index (κ1) is 66.7. The molecule has 402 valence electrons. The number of nitrogens with zero attached hydrogens (tertiary/aromatic N) is 1. The van der Waals surface area contributed by atoms with Crippen molar-refractivity contribution < 1.29 is 37.3 Å². The van der Waals surface area contributed by atoms with Crippen LogP contribution in [0.3, 0.4) is 0 Å². The van der Waals surface area contributed by atoms with Gasteiger partial charge in [0.1, 0.15) is 19.3 Å². The number of hydrogen-bond donors (Lipinski definition) is 1. The van der Waals surface area contributed by atoms with E-state index in [9.17, 15) is 19.0 Å². The van der Waals surface area contributed by atoms with Crippen molar-refractivity contribution in [3.63, 3.8) is 0 Å². The van der Waals surface area contributed by atoms with Crippen LogP contribution in [-0.4, -0.2) is 69.4 Å². The molecule has 0 saturated carbocycles. The Bertz CT molecular complexity index is 1370. The molecular formula is C59H109N2O7P. The second-order valence-electron chi connectivity index (χ2n) is 20.5. The first-order chi connectivity index (χ1) is 33.4. The topological polar surface area (TPSA) is 114 Å². The fraction of sp³-hybridized carbons (Fsp3) is 0.797. The Balaban J connectivity index is 5.33. The number of hydrogen-bond acceptors (Lipinski definition) is 7. The van der Waals surface area contributed by atoms with Crippen LogP contribution >= 0.6 is 7.82 Å². The maximum Gasteiger partial charge on any atom is 0.306 e. The molecule has 1 amide bonds. The highest BCUT2D eigenvalue weighted by molar-refractivity contribution is 7.45. The van der Waals surface area contributed by atoms with E-state index in [-0.39, 0.29) is 24.9 Å². The molecule has 1 N–H and O–H groups in total. The van der Waals surface area contributed by atoms with Gasteiger partial charge in [-0.05, 0) is 76.7 Å². The van der Waals surface area contributed by atoms with Crippen LogP contribution < -0.4 is 10.2 Å². The van der Waals surface area contributed by atoms with Crippen LogP contribution in [0.2, 0.25) is 0 Å². The molecule has 0 radical (unpaired) electrons. The zero-order chi connectivity index (χ0) is 50.8. The van der Waals surface area contributed by atoms with Gasteiger partial charge in [0, 0.05) is 12.8 Å². The van der Waals surface area contributed by atoms with E-state index in [0.717, 1.165) is 89.9 Å². The zero-order valence-electron chi connectivity index (χ0n) is 45.8. The second-order valence-corrected chi connectivity index (χ2v) is 21.9. The number of amides is 1. The van der Waals surface area contributed by atoms with Gasteiger partial charge in [-0.15, -0.1) is 0 Å². The maximum absolute atomic E-state index is 13.5. The molecule has 0 aromatic heterocycles. The predicted octanol–water partition coefficient (Wildman–Crippen LogP) is 16.5. The van der Waals surface area contributed by atoms with Crippen molar-refractivity contribution in [2.24, 2.45) is 0 Å². The highest BCUT2D eigenvalue weighted by Crippen LogP contribution is 2.38. The van der Waals surface area contributed by atoms with Gasteiger partial charge in [-0.1, -0.05) is 223 Å². The number of carbonyl (C=O) groups is 2. The fourth-order valence-electron chi connectivity index (χ4n) is 8.05. The molecule has 0 aromatic rings. The van der Waals surface area contributed by atoms with Crippen molar-refractivity contribution in [3.05, 3.63) is 60.8 Å². The van der Waals surface area contributed by atoms with Crippen molar-refractivity contribution in [2.75, 3.05) is 40.9 Å². The SMILES string of the molecule is CC/C=C/C=C/C=C/CCCCCCCCCC(=O)NC(COP(=O)([O-])OCC[N+](C)(C)C)C(/C=C/CCCCCCCCCCC)OC(=O)CCCCCCCCC/C=C/CCCCCCCC. The summed E-state index contributed by atoms with van der Waals surface area (Å²) in [6.45, 7) is 6.69. The minimum absolute atomic E-state index is 0.0269. The smallest absolute Gasteiger partial charge is 0.306 e. The summed E-state index contributed by atoms with van der Waals surface area (Å²) in [5.74, 6) is -0.559. The number of rotatable bonds is 51. The van der Waals surface area contributed by atoms with Gasteiger partial charge in [0.15, 0.2) is 0 Å². The molecule has 0 spiro atoms. The highest BCUT2D eigenvalue weighted by Gasteiger charge is 2.27. The minimum Gasteiger partial charge on any atom is -0.756 e. The predicted molar refractivity (Wildman–Crippen MR) is 293 cm³/mol. The largest absolute Gasteiger partial charge is 0.756 e. The molecule has 0 aliphatic rings. The van der Waals surface area contributed by atoms with E-state index < -0.39 is 26.6 Å². The quantitative estimate of drug-likeness (QED) is 0.0161. The normalized spacial score (nSPS) is 14.2. The van der Waals surface area contributed by atoms with Gasteiger partial charge in [-0.25, -0.2) is 0 Å². The Labute approximate surface area is 426 Å². The van der Waals surface area contributed by atoms with Crippen LogP contribution in [0.1, 0.15) is 252 Å². The molecule has 0 saturated heterocycles. The molecule has 0 bridgehead atoms. The average molecular weight is 990 g/mol. The van der Waals surface area contributed by atoms with E-state index >= 15 is 0 Å². The van der Waals surface area contributed by atoms with Crippen molar-refractivity contribution in [1.82, 2.24) is 5.32 Å². The number of esters is 1. The monoisotopic (exact) mass is 989 g/mol. The lowest BCUT2D eigenvalue weighted by atomic mass is 10.1. The average Bonchev–Trinajstić information content (AvgIpc) is 3.31. The van der Waals surface area contributed by atoms with Gasteiger partial charge in [-0.3, -0.25) is 14.2 Å². The lowest BCUT2D eigenvalue weighted by Gasteiger charge is -2.30. The molecule has 0 aromatic carbocycles. The Morgan fingerprint density at radius 3 is 1.42 bits per heavy atom. The standard InChI is InChI=1S/C59H109N2O7P/c1-7-10-13-16-19-22-25-27-29-30-32-34-37-40-43-46-49-52-59(63)68-57(50-47-44-41-38-35-24-21-18-15-12-9-3)56(55-67-69(64,65)66-54-53-61(4,5)6)60-58(62)51-48-45-42-39-36-33-31-28-26-23-20-17-14-11-8-2/h11,14,17,20,23,26-27,29,47,50,56-57H,7-10,12-13,15-16,18-19,21-22,24-25,28,30-46,48-49,51-55H2,1-6H3,(H-,60,62,64,65)/b14-11+,20-17+,26-23+,29-27+,50-47+. The number of phosphoric ester groups is 1. The van der Waals surface area contributed by atoms with Gasteiger partial charge in [0.05, 0.1) is 33.8 Å². The summed E-state index contributed by atoms with van der Waals surface area (Å²) in [6.07, 6.45) is 60.4. The van der Waals surface area contributed by atoms with E-state index in [1.165, 1.54) is 128 Å². The Morgan fingerprint density at radius 2 is 0.942 bits per heavy atom. The molecule has 0 fully saturated rings. The number of carbonyl (C=O) groups excluding carboxylic acids is 2. The molecule has 0 rings (SSSR count). The summed E-state index contributed by atoms with van der Waals surface area (Å²) in [4.78, 5) is 39.8. The van der Waals surface area contributed by atoms with E-state index in [2.05, 4.69) is 74.7 Å². The van der Waals surface area contributed by atoms with Crippen LogP contribution in [-0.2, 0) is 27.9 Å². The molecule has 69 heavy (non-hydrogen) atoms. The Kier molecular flexibility index (Phi) is 47.7. The summed E-state index contributed by atoms with van der Waals surface area (Å²) in [5.41, 5.74) is 0. The number of allylic oxidation sites excluding steroid dienone is 9. The van der Waals surface area contributed by atoms with Gasteiger partial charge in [0.2, 0.25) is 5.91 Å². The summed E-state index contributed by atoms with van der Waals surface area (Å²) in [7, 11) is 1.17. The number of unbranched alkanes of at least 4 members (excludes halogenated alkanes) is 29. The third kappa shape index (κ3) is 50.4. The van der Waals surface area contributed by atoms with Crippen molar-refractivity contribution in [1.29, 1.82) is 0 Å². The van der Waals surface area contributed by atoms with Gasteiger partial charge in [0.25, 0.3) is 7.82 Å². The van der Waals surface area contributed by atoms with Crippen LogP contribution in [0.4, 0.5) is 0 Å². The lowest BCUT2D eigenvalue weighted by Crippen LogP contribution is -2.47. The van der Waals surface area contributed by atoms with Crippen LogP contribution in [0, 0.1) is 0 Å². The molecule has 3 atom stereocenters. The molecule has 0 aliphatic carbocycles. The number of quaternary nitrogens is 1. The third-order valence-electron chi connectivity index (χ3n) is 12.5. The first-order valence-electron chi connectivity index (χ1n) is 28.6. The van der Waals surface area contributed by atoms with Crippen LogP contribution in [0.25, 0.3) is 0 Å². The van der Waals surface area contributed by atoms with Gasteiger partial charge in [-0.2, -0.15) is 0 Å². The van der Waals surface area contributed by atoms with E-state index in [0.29, 0.717) is 17.4 Å². The molecule has 3 unspecified atom stereocenters. The van der Waals surface area contributed by atoms with Crippen LogP contribution in [0.5, 0.6) is 0 Å². The van der Waals surface area contributed by atoms with Gasteiger partial charge < -0.3 is 28.5 Å². The summed E-state index contributed by atoms with van der Waals surface area (Å²) in [6, 6.07) is -0.896. The first-order valence-corrected chi connectivity index (χ1v) is 30.1.